The largest absolute Gasteiger partial charge is 0.352 e. The van der Waals surface area contributed by atoms with Crippen molar-refractivity contribution in [1.82, 2.24) is 15.1 Å². The molecular formula is C23H23N3O. The summed E-state index contributed by atoms with van der Waals surface area (Å²) in [5, 5.41) is 7.49. The maximum atomic E-state index is 12.8. The molecule has 0 aliphatic heterocycles. The zero-order valence-electron chi connectivity index (χ0n) is 15.4. The molecule has 1 fully saturated rings. The molecule has 2 aliphatic carbocycles. The van der Waals surface area contributed by atoms with Gasteiger partial charge in [-0.3, -0.25) is 9.48 Å². The van der Waals surface area contributed by atoms with Gasteiger partial charge in [0.1, 0.15) is 0 Å². The first-order valence-corrected chi connectivity index (χ1v) is 9.63. The number of carbonyl (C=O) groups is 1. The van der Waals surface area contributed by atoms with Gasteiger partial charge in [0.05, 0.1) is 17.5 Å². The Hall–Kier alpha value is -2.88. The Morgan fingerprint density at radius 1 is 1.15 bits per heavy atom. The molecule has 2 aliphatic rings. The SMILES string of the molecule is Cn1ncc(C(=O)NCC2C3Cc4ccccc4C23)c1Cc1ccccc1. The van der Waals surface area contributed by atoms with Crippen molar-refractivity contribution in [2.45, 2.75) is 18.8 Å². The highest BCUT2D eigenvalue weighted by Gasteiger charge is 2.55. The van der Waals surface area contributed by atoms with Crippen LogP contribution >= 0.6 is 0 Å². The molecule has 3 atom stereocenters. The second kappa shape index (κ2) is 6.38. The van der Waals surface area contributed by atoms with Gasteiger partial charge in [-0.05, 0) is 40.9 Å². The van der Waals surface area contributed by atoms with Gasteiger partial charge in [-0.15, -0.1) is 0 Å². The summed E-state index contributed by atoms with van der Waals surface area (Å²) in [6.45, 7) is 0.752. The van der Waals surface area contributed by atoms with Crippen LogP contribution in [-0.4, -0.2) is 22.2 Å². The van der Waals surface area contributed by atoms with E-state index in [4.69, 9.17) is 0 Å². The van der Waals surface area contributed by atoms with E-state index in [-0.39, 0.29) is 5.91 Å². The van der Waals surface area contributed by atoms with Gasteiger partial charge in [0.25, 0.3) is 5.91 Å². The molecule has 1 aromatic heterocycles. The van der Waals surface area contributed by atoms with E-state index < -0.39 is 0 Å². The molecule has 2 aromatic carbocycles. The molecule has 27 heavy (non-hydrogen) atoms. The molecule has 136 valence electrons. The highest BCUT2D eigenvalue weighted by molar-refractivity contribution is 5.95. The van der Waals surface area contributed by atoms with Crippen LogP contribution in [0.2, 0.25) is 0 Å². The highest BCUT2D eigenvalue weighted by atomic mass is 16.1. The first kappa shape index (κ1) is 16.3. The van der Waals surface area contributed by atoms with Crippen molar-refractivity contribution < 1.29 is 4.79 Å². The fraction of sp³-hybridized carbons (Fsp3) is 0.304. The molecule has 1 N–H and O–H groups in total. The third-order valence-corrected chi connectivity index (χ3v) is 6.22. The Morgan fingerprint density at radius 3 is 2.78 bits per heavy atom. The van der Waals surface area contributed by atoms with Gasteiger partial charge >= 0.3 is 0 Å². The van der Waals surface area contributed by atoms with Gasteiger partial charge in [-0.1, -0.05) is 54.6 Å². The third kappa shape index (κ3) is 2.85. The lowest BCUT2D eigenvalue weighted by atomic mass is 10.0. The Labute approximate surface area is 159 Å². The third-order valence-electron chi connectivity index (χ3n) is 6.22. The van der Waals surface area contributed by atoms with Crippen LogP contribution in [0.3, 0.4) is 0 Å². The maximum absolute atomic E-state index is 12.8. The van der Waals surface area contributed by atoms with E-state index in [0.717, 1.165) is 18.7 Å². The lowest BCUT2D eigenvalue weighted by Crippen LogP contribution is -2.27. The van der Waals surface area contributed by atoms with E-state index in [1.165, 1.54) is 16.7 Å². The number of hydrogen-bond donors (Lipinski definition) is 1. The summed E-state index contributed by atoms with van der Waals surface area (Å²) >= 11 is 0. The fourth-order valence-electron chi connectivity index (χ4n) is 4.72. The van der Waals surface area contributed by atoms with Crippen LogP contribution in [0.4, 0.5) is 0 Å². The van der Waals surface area contributed by atoms with Crippen molar-refractivity contribution >= 4 is 5.91 Å². The normalized spacial score (nSPS) is 22.2. The van der Waals surface area contributed by atoms with Crippen LogP contribution in [0.5, 0.6) is 0 Å². The summed E-state index contributed by atoms with van der Waals surface area (Å²) in [5.74, 6) is 1.92. The molecule has 0 spiro atoms. The standard InChI is InChI=1S/C23H23N3O/c1-26-21(11-15-7-3-2-4-8-15)20(14-25-26)23(27)24-13-19-18-12-16-9-5-6-10-17(16)22(18)19/h2-10,14,18-19,22H,11-13H2,1H3,(H,24,27). The van der Waals surface area contributed by atoms with Crippen molar-refractivity contribution in [2.24, 2.45) is 18.9 Å². The number of nitrogens with one attached hydrogen (secondary N) is 1. The second-order valence-electron chi connectivity index (χ2n) is 7.76. The van der Waals surface area contributed by atoms with Gasteiger partial charge in [0, 0.05) is 20.0 Å². The molecule has 5 rings (SSSR count). The lowest BCUT2D eigenvalue weighted by molar-refractivity contribution is 0.0950. The number of rotatable bonds is 5. The second-order valence-corrected chi connectivity index (χ2v) is 7.76. The predicted octanol–water partition coefficient (Wildman–Crippen LogP) is 3.33. The van der Waals surface area contributed by atoms with Crippen LogP contribution in [0.15, 0.2) is 60.8 Å². The minimum absolute atomic E-state index is 0.00714. The number of benzene rings is 2. The molecule has 3 aromatic rings. The molecule has 4 nitrogen and oxygen atoms in total. The summed E-state index contributed by atoms with van der Waals surface area (Å²) in [6, 6.07) is 18.9. The molecule has 4 heteroatoms. The van der Waals surface area contributed by atoms with Crippen molar-refractivity contribution in [1.29, 1.82) is 0 Å². The summed E-state index contributed by atoms with van der Waals surface area (Å²) in [5.41, 5.74) is 5.82. The highest BCUT2D eigenvalue weighted by Crippen LogP contribution is 2.60. The van der Waals surface area contributed by atoms with E-state index in [9.17, 15) is 4.79 Å². The van der Waals surface area contributed by atoms with Gasteiger partial charge < -0.3 is 5.32 Å². The summed E-state index contributed by atoms with van der Waals surface area (Å²) < 4.78 is 1.81. The Bertz CT molecular complexity index is 992. The molecule has 0 bridgehead atoms. The quantitative estimate of drug-likeness (QED) is 0.761. The van der Waals surface area contributed by atoms with Crippen LogP contribution in [0.1, 0.15) is 38.7 Å². The van der Waals surface area contributed by atoms with Crippen molar-refractivity contribution in [3.05, 3.63) is 88.7 Å². The van der Waals surface area contributed by atoms with Crippen LogP contribution in [-0.2, 0) is 19.9 Å². The number of carbonyl (C=O) groups excluding carboxylic acids is 1. The topological polar surface area (TPSA) is 46.9 Å². The molecule has 1 saturated carbocycles. The predicted molar refractivity (Wildman–Crippen MR) is 105 cm³/mol. The number of amides is 1. The zero-order valence-corrected chi connectivity index (χ0v) is 15.4. The van der Waals surface area contributed by atoms with Gasteiger partial charge in [0.2, 0.25) is 0 Å². The van der Waals surface area contributed by atoms with Crippen LogP contribution < -0.4 is 5.32 Å². The number of hydrogen-bond acceptors (Lipinski definition) is 2. The Morgan fingerprint density at radius 2 is 1.93 bits per heavy atom. The van der Waals surface area contributed by atoms with Crippen molar-refractivity contribution in [3.8, 4) is 0 Å². The number of aromatic nitrogens is 2. The zero-order chi connectivity index (χ0) is 18.4. The smallest absolute Gasteiger partial charge is 0.254 e. The van der Waals surface area contributed by atoms with Crippen LogP contribution in [0.25, 0.3) is 0 Å². The average molecular weight is 357 g/mol. The van der Waals surface area contributed by atoms with Gasteiger partial charge in [-0.2, -0.15) is 5.10 Å². The Kier molecular flexibility index (Phi) is 3.85. The van der Waals surface area contributed by atoms with Crippen LogP contribution in [0, 0.1) is 11.8 Å². The first-order valence-electron chi connectivity index (χ1n) is 9.63. The fourth-order valence-corrected chi connectivity index (χ4v) is 4.72. The molecule has 1 amide bonds. The first-order chi connectivity index (χ1) is 13.2. The summed E-state index contributed by atoms with van der Waals surface area (Å²) in [4.78, 5) is 12.8. The lowest BCUT2D eigenvalue weighted by Gasteiger charge is -2.10. The number of fused-ring (bicyclic) bond motifs is 3. The van der Waals surface area contributed by atoms with E-state index >= 15 is 0 Å². The molecule has 0 radical (unpaired) electrons. The molecule has 3 unspecified atom stereocenters. The molecule has 1 heterocycles. The minimum atomic E-state index is -0.00714. The monoisotopic (exact) mass is 357 g/mol. The summed E-state index contributed by atoms with van der Waals surface area (Å²) in [6.07, 6.45) is 3.56. The van der Waals surface area contributed by atoms with Gasteiger partial charge in [-0.25, -0.2) is 0 Å². The number of aryl methyl sites for hydroxylation is 1. The van der Waals surface area contributed by atoms with E-state index in [1.807, 2.05) is 29.9 Å². The molecular weight excluding hydrogens is 334 g/mol. The van der Waals surface area contributed by atoms with E-state index in [2.05, 4.69) is 46.8 Å². The Balaban J connectivity index is 1.25. The van der Waals surface area contributed by atoms with E-state index in [0.29, 0.717) is 29.7 Å². The number of nitrogens with zero attached hydrogens (tertiary/aromatic N) is 2. The van der Waals surface area contributed by atoms with Crippen molar-refractivity contribution in [2.75, 3.05) is 6.54 Å². The minimum Gasteiger partial charge on any atom is -0.352 e. The maximum Gasteiger partial charge on any atom is 0.254 e. The van der Waals surface area contributed by atoms with Crippen molar-refractivity contribution in [3.63, 3.8) is 0 Å². The van der Waals surface area contributed by atoms with Gasteiger partial charge in [0.15, 0.2) is 0 Å². The summed E-state index contributed by atoms with van der Waals surface area (Å²) in [7, 11) is 1.90. The molecule has 0 saturated heterocycles. The van der Waals surface area contributed by atoms with E-state index in [1.54, 1.807) is 6.20 Å². The average Bonchev–Trinajstić information content (AvgIpc) is 3.03.